The van der Waals surface area contributed by atoms with Gasteiger partial charge < -0.3 is 9.47 Å². The van der Waals surface area contributed by atoms with Gasteiger partial charge in [-0.1, -0.05) is 0 Å². The van der Waals surface area contributed by atoms with Crippen LogP contribution in [0.5, 0.6) is 11.5 Å². The Kier molecular flexibility index (Phi) is 3.90. The number of hydrogen-bond donors (Lipinski definition) is 0. The van der Waals surface area contributed by atoms with Crippen LogP contribution < -0.4 is 9.47 Å². The van der Waals surface area contributed by atoms with Gasteiger partial charge in [-0.05, 0) is 23.9 Å². The van der Waals surface area contributed by atoms with E-state index in [1.54, 1.807) is 0 Å². The Balaban J connectivity index is 3.10. The number of hydrogen-bond acceptors (Lipinski definition) is 3. The Morgan fingerprint density at radius 2 is 1.75 bits per heavy atom. The topological polar surface area (TPSA) is 18.5 Å². The Labute approximate surface area is 93.5 Å². The van der Waals surface area contributed by atoms with Crippen molar-refractivity contribution in [1.29, 1.82) is 0 Å². The van der Waals surface area contributed by atoms with Crippen LogP contribution in [0.25, 0.3) is 0 Å². The summed E-state index contributed by atoms with van der Waals surface area (Å²) in [7, 11) is 2.43. The predicted octanol–water partition coefficient (Wildman–Crippen LogP) is 3.45. The van der Waals surface area contributed by atoms with Crippen LogP contribution in [0.4, 0.5) is 17.6 Å². The third-order valence-corrected chi connectivity index (χ3v) is 2.34. The molecular weight excluding hydrogens is 248 g/mol. The summed E-state index contributed by atoms with van der Waals surface area (Å²) in [6, 6.07) is 1.82. The molecule has 0 amide bonds. The smallest absolute Gasteiger partial charge is 0.446 e. The third-order valence-electron chi connectivity index (χ3n) is 1.64. The largest absolute Gasteiger partial charge is 0.493 e. The van der Waals surface area contributed by atoms with Crippen molar-refractivity contribution in [2.24, 2.45) is 0 Å². The van der Waals surface area contributed by atoms with Gasteiger partial charge in [0, 0.05) is 4.90 Å². The zero-order chi connectivity index (χ0) is 12.3. The SMILES string of the molecule is COc1cc(SC(F)(F)F)cc(F)c1OC. The van der Waals surface area contributed by atoms with Crippen molar-refractivity contribution >= 4 is 11.8 Å². The minimum Gasteiger partial charge on any atom is -0.493 e. The minimum absolute atomic E-state index is 0.0748. The van der Waals surface area contributed by atoms with Crippen molar-refractivity contribution in [2.45, 2.75) is 10.4 Å². The highest BCUT2D eigenvalue weighted by Gasteiger charge is 2.30. The molecule has 1 aromatic rings. The van der Waals surface area contributed by atoms with E-state index >= 15 is 0 Å². The maximum Gasteiger partial charge on any atom is 0.446 e. The fraction of sp³-hybridized carbons (Fsp3) is 0.333. The highest BCUT2D eigenvalue weighted by molar-refractivity contribution is 8.00. The average molecular weight is 256 g/mol. The lowest BCUT2D eigenvalue weighted by Gasteiger charge is -2.11. The average Bonchev–Trinajstić information content (AvgIpc) is 2.14. The molecule has 0 atom stereocenters. The van der Waals surface area contributed by atoms with E-state index in [0.29, 0.717) is 0 Å². The minimum atomic E-state index is -4.47. The highest BCUT2D eigenvalue weighted by atomic mass is 32.2. The van der Waals surface area contributed by atoms with E-state index < -0.39 is 23.1 Å². The van der Waals surface area contributed by atoms with E-state index in [0.717, 1.165) is 12.1 Å². The van der Waals surface area contributed by atoms with Gasteiger partial charge in [-0.3, -0.25) is 0 Å². The van der Waals surface area contributed by atoms with Crippen molar-refractivity contribution in [3.8, 4) is 11.5 Å². The first-order chi connectivity index (χ1) is 7.37. The van der Waals surface area contributed by atoms with Gasteiger partial charge in [0.05, 0.1) is 14.2 Å². The quantitative estimate of drug-likeness (QED) is 0.609. The second-order valence-electron chi connectivity index (χ2n) is 2.69. The van der Waals surface area contributed by atoms with Gasteiger partial charge in [0.1, 0.15) is 0 Å². The van der Waals surface area contributed by atoms with Crippen LogP contribution >= 0.6 is 11.8 Å². The van der Waals surface area contributed by atoms with E-state index in [2.05, 4.69) is 4.74 Å². The standard InChI is InChI=1S/C9H8F4O2S/c1-14-7-4-5(16-9(11,12)13)3-6(10)8(7)15-2/h3-4H,1-2H3. The zero-order valence-electron chi connectivity index (χ0n) is 8.39. The highest BCUT2D eigenvalue weighted by Crippen LogP contribution is 2.41. The lowest BCUT2D eigenvalue weighted by atomic mass is 10.3. The Hall–Kier alpha value is -1.11. The van der Waals surface area contributed by atoms with Crippen molar-refractivity contribution in [2.75, 3.05) is 14.2 Å². The molecule has 0 unspecified atom stereocenters. The molecule has 1 aromatic carbocycles. The van der Waals surface area contributed by atoms with Gasteiger partial charge in [0.15, 0.2) is 17.3 Å². The first kappa shape index (κ1) is 13.0. The Bertz CT molecular complexity index is 379. The van der Waals surface area contributed by atoms with E-state index in [-0.39, 0.29) is 16.4 Å². The lowest BCUT2D eigenvalue weighted by molar-refractivity contribution is -0.0328. The Morgan fingerprint density at radius 1 is 1.12 bits per heavy atom. The normalized spacial score (nSPS) is 11.4. The molecule has 0 radical (unpaired) electrons. The summed E-state index contributed by atoms with van der Waals surface area (Å²) < 4.78 is 58.9. The fourth-order valence-corrected chi connectivity index (χ4v) is 1.68. The number of thioether (sulfide) groups is 1. The van der Waals surface area contributed by atoms with Gasteiger partial charge in [-0.15, -0.1) is 0 Å². The van der Waals surface area contributed by atoms with Crippen LogP contribution in [0.3, 0.4) is 0 Å². The predicted molar refractivity (Wildman–Crippen MR) is 51.4 cm³/mol. The van der Waals surface area contributed by atoms with Crippen molar-refractivity contribution in [3.63, 3.8) is 0 Å². The van der Waals surface area contributed by atoms with Crippen LogP contribution in [0, 0.1) is 5.82 Å². The molecule has 0 aliphatic rings. The molecule has 0 aliphatic carbocycles. The zero-order valence-corrected chi connectivity index (χ0v) is 9.21. The third kappa shape index (κ3) is 3.19. The summed E-state index contributed by atoms with van der Waals surface area (Å²) in [6.45, 7) is 0. The van der Waals surface area contributed by atoms with Crippen molar-refractivity contribution in [3.05, 3.63) is 17.9 Å². The van der Waals surface area contributed by atoms with Crippen LogP contribution in [0.15, 0.2) is 17.0 Å². The van der Waals surface area contributed by atoms with Crippen molar-refractivity contribution < 1.29 is 27.0 Å². The summed E-state index contributed by atoms with van der Waals surface area (Å²) >= 11 is -0.412. The number of methoxy groups -OCH3 is 2. The summed E-state index contributed by atoms with van der Waals surface area (Å²) in [5.74, 6) is -1.18. The molecule has 0 saturated carbocycles. The van der Waals surface area contributed by atoms with Gasteiger partial charge >= 0.3 is 5.51 Å². The van der Waals surface area contributed by atoms with Gasteiger partial charge in [-0.2, -0.15) is 13.2 Å². The molecule has 1 rings (SSSR count). The summed E-state index contributed by atoms with van der Waals surface area (Å²) in [5, 5.41) is 0. The van der Waals surface area contributed by atoms with Crippen LogP contribution in [0.1, 0.15) is 0 Å². The molecule has 0 spiro atoms. The van der Waals surface area contributed by atoms with E-state index in [1.807, 2.05) is 0 Å². The Morgan fingerprint density at radius 3 is 2.19 bits per heavy atom. The molecule has 7 heteroatoms. The maximum absolute atomic E-state index is 13.3. The van der Waals surface area contributed by atoms with E-state index in [4.69, 9.17) is 4.74 Å². The van der Waals surface area contributed by atoms with E-state index in [1.165, 1.54) is 14.2 Å². The summed E-state index contributed by atoms with van der Waals surface area (Å²) in [5.41, 5.74) is -4.47. The second-order valence-corrected chi connectivity index (χ2v) is 3.83. The van der Waals surface area contributed by atoms with Crippen LogP contribution in [0.2, 0.25) is 0 Å². The number of alkyl halides is 3. The molecule has 0 aromatic heterocycles. The molecule has 0 N–H and O–H groups in total. The van der Waals surface area contributed by atoms with Crippen LogP contribution in [-0.2, 0) is 0 Å². The number of halogens is 4. The molecule has 0 aliphatic heterocycles. The molecule has 2 nitrogen and oxygen atoms in total. The molecule has 0 bridgehead atoms. The number of benzene rings is 1. The lowest BCUT2D eigenvalue weighted by Crippen LogP contribution is -2.00. The molecular formula is C9H8F4O2S. The summed E-state index contributed by atoms with van der Waals surface area (Å²) in [6.07, 6.45) is 0. The van der Waals surface area contributed by atoms with Gasteiger partial charge in [0.25, 0.3) is 0 Å². The second kappa shape index (κ2) is 4.82. The fourth-order valence-electron chi connectivity index (χ4n) is 1.09. The first-order valence-corrected chi connectivity index (χ1v) is 4.86. The number of ether oxygens (including phenoxy) is 2. The van der Waals surface area contributed by atoms with E-state index in [9.17, 15) is 17.6 Å². The van der Waals surface area contributed by atoms with Gasteiger partial charge in [0.2, 0.25) is 0 Å². The molecule has 0 heterocycles. The first-order valence-electron chi connectivity index (χ1n) is 4.04. The molecule has 0 saturated heterocycles. The molecule has 0 fully saturated rings. The van der Waals surface area contributed by atoms with Crippen molar-refractivity contribution in [1.82, 2.24) is 0 Å². The maximum atomic E-state index is 13.3. The monoisotopic (exact) mass is 256 g/mol. The van der Waals surface area contributed by atoms with Gasteiger partial charge in [-0.25, -0.2) is 4.39 Å². The number of rotatable bonds is 3. The molecule has 16 heavy (non-hydrogen) atoms. The molecule has 90 valence electrons. The van der Waals surface area contributed by atoms with Crippen LogP contribution in [-0.4, -0.2) is 19.7 Å². The summed E-state index contributed by atoms with van der Waals surface area (Å²) in [4.78, 5) is -0.289.